The van der Waals surface area contributed by atoms with Crippen LogP contribution in [0.3, 0.4) is 0 Å². The van der Waals surface area contributed by atoms with E-state index in [1.54, 1.807) is 24.5 Å². The van der Waals surface area contributed by atoms with Crippen molar-refractivity contribution in [3.8, 4) is 17.1 Å². The summed E-state index contributed by atoms with van der Waals surface area (Å²) in [4.78, 5) is 0. The van der Waals surface area contributed by atoms with Crippen molar-refractivity contribution in [2.24, 2.45) is 0 Å². The molecule has 0 N–H and O–H groups in total. The molecule has 1 aromatic carbocycles. The molecule has 5 nitrogen and oxygen atoms in total. The first-order chi connectivity index (χ1) is 13.0. The Morgan fingerprint density at radius 2 is 2.00 bits per heavy atom. The molecule has 3 aromatic rings. The van der Waals surface area contributed by atoms with Gasteiger partial charge in [0.25, 0.3) is 0 Å². The summed E-state index contributed by atoms with van der Waals surface area (Å²) < 4.78 is 36.3. The highest BCUT2D eigenvalue weighted by molar-refractivity contribution is 7.99. The van der Waals surface area contributed by atoms with Crippen LogP contribution in [0.1, 0.15) is 23.5 Å². The Labute approximate surface area is 160 Å². The number of thioether (sulfide) groups is 1. The zero-order valence-corrected chi connectivity index (χ0v) is 15.7. The zero-order valence-electron chi connectivity index (χ0n) is 14.9. The molecule has 0 fully saturated rings. The summed E-state index contributed by atoms with van der Waals surface area (Å²) in [7, 11) is 0. The fraction of sp³-hybridized carbons (Fsp3) is 0.263. The number of ether oxygens (including phenoxy) is 1. The Morgan fingerprint density at radius 1 is 1.26 bits per heavy atom. The number of halogens is 2. The third kappa shape index (κ3) is 4.39. The molecule has 2 aromatic heterocycles. The number of benzene rings is 1. The standard InChI is InChI=1S/C19H19F2N3O2S/c1-4-10-24-17(16-9-11-25-12(16)2)22-23-19(24)27-13(3)14-5-7-15(8-6-14)26-18(20)21/h4-9,11,13,18H,1,10H2,2-3H3. The van der Waals surface area contributed by atoms with Crippen LogP contribution in [-0.2, 0) is 6.54 Å². The average Bonchev–Trinajstić information content (AvgIpc) is 3.22. The molecule has 0 aliphatic rings. The minimum absolute atomic E-state index is 0.0386. The van der Waals surface area contributed by atoms with Crippen molar-refractivity contribution in [1.29, 1.82) is 0 Å². The van der Waals surface area contributed by atoms with E-state index in [1.807, 2.05) is 24.5 Å². The van der Waals surface area contributed by atoms with E-state index < -0.39 is 6.61 Å². The SMILES string of the molecule is C=CCn1c(SC(C)c2ccc(OC(F)F)cc2)nnc1-c1ccoc1C. The fourth-order valence-corrected chi connectivity index (χ4v) is 3.62. The molecule has 27 heavy (non-hydrogen) atoms. The second kappa shape index (κ2) is 8.39. The molecular weight excluding hydrogens is 372 g/mol. The lowest BCUT2D eigenvalue weighted by atomic mass is 10.2. The number of alkyl halides is 2. The number of allylic oxidation sites excluding steroid dienone is 1. The van der Waals surface area contributed by atoms with Gasteiger partial charge in [-0.1, -0.05) is 30.0 Å². The minimum atomic E-state index is -2.83. The molecule has 0 spiro atoms. The summed E-state index contributed by atoms with van der Waals surface area (Å²) in [5.74, 6) is 1.63. The largest absolute Gasteiger partial charge is 0.469 e. The quantitative estimate of drug-likeness (QED) is 0.376. The second-order valence-electron chi connectivity index (χ2n) is 5.80. The van der Waals surface area contributed by atoms with Crippen LogP contribution in [-0.4, -0.2) is 21.4 Å². The normalized spacial score (nSPS) is 12.3. The lowest BCUT2D eigenvalue weighted by Crippen LogP contribution is -2.03. The average molecular weight is 391 g/mol. The van der Waals surface area contributed by atoms with Crippen LogP contribution in [0.15, 0.2) is 58.8 Å². The number of aryl methyl sites for hydroxylation is 1. The first-order valence-electron chi connectivity index (χ1n) is 8.29. The van der Waals surface area contributed by atoms with Crippen molar-refractivity contribution in [3.05, 3.63) is 60.6 Å². The number of hydrogen-bond acceptors (Lipinski definition) is 5. The Kier molecular flexibility index (Phi) is 5.95. The van der Waals surface area contributed by atoms with E-state index in [4.69, 9.17) is 4.42 Å². The van der Waals surface area contributed by atoms with Crippen LogP contribution < -0.4 is 4.74 Å². The number of nitrogens with zero attached hydrogens (tertiary/aromatic N) is 3. The Hall–Kier alpha value is -2.61. The molecule has 1 unspecified atom stereocenters. The van der Waals surface area contributed by atoms with E-state index in [9.17, 15) is 8.78 Å². The molecular formula is C19H19F2N3O2S. The summed E-state index contributed by atoms with van der Waals surface area (Å²) in [6, 6.07) is 8.47. The monoisotopic (exact) mass is 391 g/mol. The number of hydrogen-bond donors (Lipinski definition) is 0. The van der Waals surface area contributed by atoms with Crippen LogP contribution in [0, 0.1) is 6.92 Å². The van der Waals surface area contributed by atoms with Crippen molar-refractivity contribution in [1.82, 2.24) is 14.8 Å². The minimum Gasteiger partial charge on any atom is -0.469 e. The van der Waals surface area contributed by atoms with E-state index in [2.05, 4.69) is 21.5 Å². The highest BCUT2D eigenvalue weighted by Crippen LogP contribution is 2.36. The zero-order chi connectivity index (χ0) is 19.4. The van der Waals surface area contributed by atoms with Gasteiger partial charge in [0.1, 0.15) is 11.5 Å². The second-order valence-corrected chi connectivity index (χ2v) is 7.11. The van der Waals surface area contributed by atoms with E-state index in [0.717, 1.165) is 27.9 Å². The topological polar surface area (TPSA) is 53.1 Å². The summed E-state index contributed by atoms with van der Waals surface area (Å²) in [5.41, 5.74) is 1.85. The maximum atomic E-state index is 12.3. The van der Waals surface area contributed by atoms with Crippen molar-refractivity contribution in [2.45, 2.75) is 37.4 Å². The maximum Gasteiger partial charge on any atom is 0.387 e. The van der Waals surface area contributed by atoms with Crippen LogP contribution in [0.25, 0.3) is 11.4 Å². The van der Waals surface area contributed by atoms with Crippen molar-refractivity contribution in [3.63, 3.8) is 0 Å². The molecule has 1 atom stereocenters. The number of aromatic nitrogens is 3. The lowest BCUT2D eigenvalue weighted by molar-refractivity contribution is -0.0498. The summed E-state index contributed by atoms with van der Waals surface area (Å²) in [6.07, 6.45) is 3.41. The highest BCUT2D eigenvalue weighted by Gasteiger charge is 2.19. The predicted octanol–water partition coefficient (Wildman–Crippen LogP) is 5.49. The van der Waals surface area contributed by atoms with Gasteiger partial charge in [-0.15, -0.1) is 16.8 Å². The molecule has 0 aliphatic carbocycles. The van der Waals surface area contributed by atoms with Gasteiger partial charge in [-0.05, 0) is 37.6 Å². The van der Waals surface area contributed by atoms with Gasteiger partial charge in [-0.2, -0.15) is 8.78 Å². The van der Waals surface area contributed by atoms with Gasteiger partial charge in [0, 0.05) is 11.8 Å². The summed E-state index contributed by atoms with van der Waals surface area (Å²) >= 11 is 1.53. The molecule has 0 aliphatic heterocycles. The molecule has 3 rings (SSSR count). The van der Waals surface area contributed by atoms with E-state index in [1.165, 1.54) is 23.9 Å². The van der Waals surface area contributed by atoms with Gasteiger partial charge >= 0.3 is 6.61 Å². The lowest BCUT2D eigenvalue weighted by Gasteiger charge is -2.13. The molecule has 0 saturated heterocycles. The number of furan rings is 1. The van der Waals surface area contributed by atoms with Crippen LogP contribution in [0.2, 0.25) is 0 Å². The van der Waals surface area contributed by atoms with Crippen LogP contribution >= 0.6 is 11.8 Å². The van der Waals surface area contributed by atoms with E-state index >= 15 is 0 Å². The molecule has 0 amide bonds. The van der Waals surface area contributed by atoms with Gasteiger partial charge in [0.05, 0.1) is 11.8 Å². The Bertz CT molecular complexity index is 906. The summed E-state index contributed by atoms with van der Waals surface area (Å²) in [5, 5.41) is 9.41. The first kappa shape index (κ1) is 19.2. The molecule has 0 radical (unpaired) electrons. The fourth-order valence-electron chi connectivity index (χ4n) is 2.63. The van der Waals surface area contributed by atoms with Gasteiger partial charge in [0.2, 0.25) is 0 Å². The number of rotatable bonds is 8. The molecule has 0 saturated carbocycles. The molecule has 142 valence electrons. The molecule has 0 bridgehead atoms. The summed E-state index contributed by atoms with van der Waals surface area (Å²) in [6.45, 7) is 5.43. The van der Waals surface area contributed by atoms with Crippen LogP contribution in [0.4, 0.5) is 8.78 Å². The Balaban J connectivity index is 1.81. The molecule has 8 heteroatoms. The van der Waals surface area contributed by atoms with Crippen molar-refractivity contribution in [2.75, 3.05) is 0 Å². The predicted molar refractivity (Wildman–Crippen MR) is 100 cm³/mol. The van der Waals surface area contributed by atoms with E-state index in [0.29, 0.717) is 6.54 Å². The van der Waals surface area contributed by atoms with Gasteiger partial charge in [-0.25, -0.2) is 0 Å². The third-order valence-electron chi connectivity index (χ3n) is 3.99. The first-order valence-corrected chi connectivity index (χ1v) is 9.17. The van der Waals surface area contributed by atoms with Gasteiger partial charge < -0.3 is 9.15 Å². The van der Waals surface area contributed by atoms with Gasteiger partial charge in [-0.3, -0.25) is 4.57 Å². The Morgan fingerprint density at radius 3 is 2.59 bits per heavy atom. The molecule has 2 heterocycles. The van der Waals surface area contributed by atoms with Crippen LogP contribution in [0.5, 0.6) is 5.75 Å². The van der Waals surface area contributed by atoms with Gasteiger partial charge in [0.15, 0.2) is 11.0 Å². The maximum absolute atomic E-state index is 12.3. The van der Waals surface area contributed by atoms with Crippen molar-refractivity contribution >= 4 is 11.8 Å². The van der Waals surface area contributed by atoms with E-state index in [-0.39, 0.29) is 11.0 Å². The third-order valence-corrected chi connectivity index (χ3v) is 5.12. The van der Waals surface area contributed by atoms with Crippen molar-refractivity contribution < 1.29 is 17.9 Å². The highest BCUT2D eigenvalue weighted by atomic mass is 32.2. The smallest absolute Gasteiger partial charge is 0.387 e.